The van der Waals surface area contributed by atoms with Gasteiger partial charge in [-0.3, -0.25) is 14.4 Å². The lowest BCUT2D eigenvalue weighted by molar-refractivity contribution is -0.145. The van der Waals surface area contributed by atoms with E-state index in [0.29, 0.717) is 5.56 Å². The summed E-state index contributed by atoms with van der Waals surface area (Å²) >= 11 is 0. The summed E-state index contributed by atoms with van der Waals surface area (Å²) in [5.74, 6) is -3.89. The Morgan fingerprint density at radius 3 is 1.91 bits per heavy atom. The molecular weight excluding hydrogens is 424 g/mol. The smallest absolute Gasteiger partial charge is 0.328 e. The van der Waals surface area contributed by atoms with Gasteiger partial charge < -0.3 is 42.1 Å². The van der Waals surface area contributed by atoms with Crippen LogP contribution in [0.1, 0.15) is 26.3 Å². The molecule has 0 fully saturated rings. The predicted octanol–water partition coefficient (Wildman–Crippen LogP) is -2.42. The number of benzene rings is 1. The number of hydrogen-bond donors (Lipinski definition) is 8. The van der Waals surface area contributed by atoms with Crippen molar-refractivity contribution in [2.24, 2.45) is 5.73 Å². The number of phenolic OH excluding ortho intramolecular Hbond substituents is 1. The quantitative estimate of drug-likeness (QED) is 0.178. The molecule has 6 atom stereocenters. The van der Waals surface area contributed by atoms with E-state index in [-0.39, 0.29) is 12.2 Å². The molecule has 6 unspecified atom stereocenters. The van der Waals surface area contributed by atoms with Crippen LogP contribution in [0.5, 0.6) is 5.75 Å². The minimum absolute atomic E-state index is 0.00961. The topological polar surface area (TPSA) is 211 Å². The third-order valence-electron chi connectivity index (χ3n) is 4.63. The van der Waals surface area contributed by atoms with Gasteiger partial charge in [0.05, 0.1) is 12.2 Å². The van der Waals surface area contributed by atoms with Gasteiger partial charge in [0.15, 0.2) is 6.04 Å². The molecule has 0 spiro atoms. The number of carbonyl (C=O) groups is 4. The van der Waals surface area contributed by atoms with Crippen molar-refractivity contribution in [3.63, 3.8) is 0 Å². The predicted molar refractivity (Wildman–Crippen MR) is 112 cm³/mol. The van der Waals surface area contributed by atoms with Crippen LogP contribution in [0.3, 0.4) is 0 Å². The van der Waals surface area contributed by atoms with Crippen molar-refractivity contribution in [2.75, 3.05) is 0 Å². The maximum atomic E-state index is 12.7. The summed E-state index contributed by atoms with van der Waals surface area (Å²) < 4.78 is 0. The molecule has 0 heterocycles. The molecule has 0 aliphatic rings. The first-order valence-electron chi connectivity index (χ1n) is 9.87. The number of carboxylic acids is 1. The summed E-state index contributed by atoms with van der Waals surface area (Å²) in [6.07, 6.45) is -2.62. The number of nitrogens with one attached hydrogen (secondary N) is 3. The Hall–Kier alpha value is -3.22. The van der Waals surface area contributed by atoms with Gasteiger partial charge in [0.25, 0.3) is 0 Å². The molecule has 12 heteroatoms. The Kier molecular flexibility index (Phi) is 10.0. The Morgan fingerprint density at radius 1 is 0.875 bits per heavy atom. The molecule has 32 heavy (non-hydrogen) atoms. The van der Waals surface area contributed by atoms with Crippen molar-refractivity contribution in [3.05, 3.63) is 29.8 Å². The van der Waals surface area contributed by atoms with Gasteiger partial charge in [-0.05, 0) is 38.5 Å². The van der Waals surface area contributed by atoms with E-state index < -0.39 is 60.1 Å². The molecule has 9 N–H and O–H groups in total. The van der Waals surface area contributed by atoms with Crippen molar-refractivity contribution in [1.82, 2.24) is 16.0 Å². The van der Waals surface area contributed by atoms with Crippen molar-refractivity contribution < 1.29 is 39.6 Å². The molecule has 1 aromatic carbocycles. The molecule has 0 radical (unpaired) electrons. The molecule has 0 saturated heterocycles. The maximum absolute atomic E-state index is 12.7. The summed E-state index contributed by atoms with van der Waals surface area (Å²) in [7, 11) is 0. The highest BCUT2D eigenvalue weighted by Gasteiger charge is 2.31. The lowest BCUT2D eigenvalue weighted by atomic mass is 10.0. The summed E-state index contributed by atoms with van der Waals surface area (Å²) in [5.41, 5.74) is 6.07. The van der Waals surface area contributed by atoms with Gasteiger partial charge in [-0.15, -0.1) is 0 Å². The number of aromatic hydroxyl groups is 1. The zero-order chi connectivity index (χ0) is 24.6. The van der Waals surface area contributed by atoms with Gasteiger partial charge in [0.2, 0.25) is 17.7 Å². The normalized spacial score (nSPS) is 16.6. The standard InChI is InChI=1S/C20H30N4O8/c1-9(22-19(30)15(21)10(2)25)17(28)23-14(8-12-4-6-13(27)7-5-12)18(29)24-16(11(3)26)20(31)32/h4-7,9-11,14-16,25-27H,8,21H2,1-3H3,(H,22,30)(H,23,28)(H,24,29)(H,31,32). The fourth-order valence-corrected chi connectivity index (χ4v) is 2.61. The van der Waals surface area contributed by atoms with Crippen molar-refractivity contribution >= 4 is 23.7 Å². The van der Waals surface area contributed by atoms with Crippen LogP contribution in [-0.4, -0.2) is 80.5 Å². The molecule has 0 saturated carbocycles. The first-order chi connectivity index (χ1) is 14.8. The Bertz CT molecular complexity index is 812. The zero-order valence-corrected chi connectivity index (χ0v) is 18.0. The molecule has 1 aromatic rings. The average Bonchev–Trinajstić information content (AvgIpc) is 2.71. The molecule has 3 amide bonds. The second-order valence-electron chi connectivity index (χ2n) is 7.49. The van der Waals surface area contributed by atoms with Crippen LogP contribution in [0.2, 0.25) is 0 Å². The highest BCUT2D eigenvalue weighted by Crippen LogP contribution is 2.12. The number of amides is 3. The van der Waals surface area contributed by atoms with E-state index in [1.165, 1.54) is 45.0 Å². The highest BCUT2D eigenvalue weighted by atomic mass is 16.4. The molecular formula is C20H30N4O8. The molecule has 12 nitrogen and oxygen atoms in total. The lowest BCUT2D eigenvalue weighted by Crippen LogP contribution is -2.58. The van der Waals surface area contributed by atoms with E-state index >= 15 is 0 Å². The van der Waals surface area contributed by atoms with Crippen LogP contribution in [0.4, 0.5) is 0 Å². The second-order valence-corrected chi connectivity index (χ2v) is 7.49. The zero-order valence-electron chi connectivity index (χ0n) is 18.0. The van der Waals surface area contributed by atoms with Gasteiger partial charge >= 0.3 is 5.97 Å². The minimum Gasteiger partial charge on any atom is -0.508 e. The van der Waals surface area contributed by atoms with E-state index in [4.69, 9.17) is 5.73 Å². The number of phenols is 1. The summed E-state index contributed by atoms with van der Waals surface area (Å²) in [6.45, 7) is 3.84. The number of aliphatic hydroxyl groups excluding tert-OH is 2. The number of aliphatic hydroxyl groups is 2. The van der Waals surface area contributed by atoms with Crippen molar-refractivity contribution in [3.8, 4) is 5.75 Å². The molecule has 0 aliphatic heterocycles. The first-order valence-corrected chi connectivity index (χ1v) is 9.87. The minimum atomic E-state index is -1.61. The van der Waals surface area contributed by atoms with Crippen molar-refractivity contribution in [2.45, 2.75) is 63.6 Å². The SMILES string of the molecule is CC(NC(=O)C(N)C(C)O)C(=O)NC(Cc1ccc(O)cc1)C(=O)NC(C(=O)O)C(C)O. The monoisotopic (exact) mass is 454 g/mol. The third-order valence-corrected chi connectivity index (χ3v) is 4.63. The lowest BCUT2D eigenvalue weighted by Gasteiger charge is -2.25. The average molecular weight is 454 g/mol. The number of hydrogen-bond acceptors (Lipinski definition) is 8. The van der Waals surface area contributed by atoms with Gasteiger partial charge in [0.1, 0.15) is 23.9 Å². The van der Waals surface area contributed by atoms with E-state index in [2.05, 4.69) is 16.0 Å². The van der Waals surface area contributed by atoms with Gasteiger partial charge in [-0.1, -0.05) is 12.1 Å². The Morgan fingerprint density at radius 2 is 1.44 bits per heavy atom. The van der Waals surface area contributed by atoms with Gasteiger partial charge in [-0.25, -0.2) is 4.79 Å². The molecule has 0 bridgehead atoms. The number of carboxylic acid groups (broad SMARTS) is 1. The van der Waals surface area contributed by atoms with Crippen LogP contribution in [0.25, 0.3) is 0 Å². The number of rotatable bonds is 11. The highest BCUT2D eigenvalue weighted by molar-refractivity contribution is 5.94. The molecule has 0 aromatic heterocycles. The number of nitrogens with two attached hydrogens (primary N) is 1. The van der Waals surface area contributed by atoms with E-state index in [1.807, 2.05) is 0 Å². The molecule has 0 aliphatic carbocycles. The second kappa shape index (κ2) is 12.0. The third kappa shape index (κ3) is 8.13. The first kappa shape index (κ1) is 26.8. The van der Waals surface area contributed by atoms with Crippen LogP contribution in [-0.2, 0) is 25.6 Å². The Balaban J connectivity index is 2.99. The van der Waals surface area contributed by atoms with Crippen LogP contribution >= 0.6 is 0 Å². The fourth-order valence-electron chi connectivity index (χ4n) is 2.61. The number of aliphatic carboxylic acids is 1. The van der Waals surface area contributed by atoms with Crippen LogP contribution in [0.15, 0.2) is 24.3 Å². The number of carbonyl (C=O) groups excluding carboxylic acids is 3. The summed E-state index contributed by atoms with van der Waals surface area (Å²) in [4.78, 5) is 48.6. The van der Waals surface area contributed by atoms with Crippen LogP contribution < -0.4 is 21.7 Å². The van der Waals surface area contributed by atoms with E-state index in [0.717, 1.165) is 0 Å². The maximum Gasteiger partial charge on any atom is 0.328 e. The summed E-state index contributed by atoms with van der Waals surface area (Å²) in [6, 6.07) is 0.513. The molecule has 178 valence electrons. The van der Waals surface area contributed by atoms with E-state index in [1.54, 1.807) is 0 Å². The van der Waals surface area contributed by atoms with E-state index in [9.17, 15) is 39.6 Å². The van der Waals surface area contributed by atoms with Crippen molar-refractivity contribution in [1.29, 1.82) is 0 Å². The van der Waals surface area contributed by atoms with Gasteiger partial charge in [0, 0.05) is 6.42 Å². The Labute approximate surface area is 184 Å². The summed E-state index contributed by atoms with van der Waals surface area (Å²) in [5, 5.41) is 44.5. The largest absolute Gasteiger partial charge is 0.508 e. The fraction of sp³-hybridized carbons (Fsp3) is 0.500. The van der Waals surface area contributed by atoms with Gasteiger partial charge in [-0.2, -0.15) is 0 Å². The molecule has 1 rings (SSSR count). The van der Waals surface area contributed by atoms with Crippen LogP contribution in [0, 0.1) is 0 Å².